The number of aliphatic carboxylic acids is 1. The summed E-state index contributed by atoms with van der Waals surface area (Å²) in [6.07, 6.45) is 24.2. The summed E-state index contributed by atoms with van der Waals surface area (Å²) in [6, 6.07) is 8.13. The van der Waals surface area contributed by atoms with Crippen molar-refractivity contribution in [1.29, 1.82) is 0 Å². The quantitative estimate of drug-likeness (QED) is 0.167. The van der Waals surface area contributed by atoms with E-state index in [1.54, 1.807) is 0 Å². The van der Waals surface area contributed by atoms with Crippen molar-refractivity contribution < 1.29 is 9.90 Å². The fourth-order valence-electron chi connectivity index (χ4n) is 3.69. The maximum absolute atomic E-state index is 10.7. The first-order valence-corrected chi connectivity index (χ1v) is 12.4. The molecule has 0 radical (unpaired) electrons. The lowest BCUT2D eigenvalue weighted by Crippen LogP contribution is -2.02. The zero-order valence-electron chi connectivity index (χ0n) is 19.3. The third-order valence-electron chi connectivity index (χ3n) is 5.57. The zero-order chi connectivity index (χ0) is 21.7. The van der Waals surface area contributed by atoms with Crippen molar-refractivity contribution in [2.24, 2.45) is 0 Å². The molecular formula is C27H45NO2. The van der Waals surface area contributed by atoms with E-state index in [9.17, 15) is 4.79 Å². The SMILES string of the molecule is CCCCCCCCC=CCCCCCCCCNc1cccc(CCC(=O)O)c1. The topological polar surface area (TPSA) is 49.3 Å². The van der Waals surface area contributed by atoms with Gasteiger partial charge in [0.15, 0.2) is 0 Å². The van der Waals surface area contributed by atoms with Crippen LogP contribution in [0.1, 0.15) is 109 Å². The second-order valence-electron chi connectivity index (χ2n) is 8.46. The minimum Gasteiger partial charge on any atom is -0.481 e. The molecule has 2 N–H and O–H groups in total. The molecule has 170 valence electrons. The number of aryl methyl sites for hydroxylation is 1. The average molecular weight is 416 g/mol. The number of benzene rings is 1. The van der Waals surface area contributed by atoms with Gasteiger partial charge in [-0.3, -0.25) is 4.79 Å². The van der Waals surface area contributed by atoms with E-state index in [1.165, 1.54) is 89.9 Å². The molecular weight excluding hydrogens is 370 g/mol. The summed E-state index contributed by atoms with van der Waals surface area (Å²) in [4.78, 5) is 10.7. The normalized spacial score (nSPS) is 11.2. The number of nitrogens with one attached hydrogen (secondary N) is 1. The van der Waals surface area contributed by atoms with Crippen molar-refractivity contribution in [3.05, 3.63) is 42.0 Å². The molecule has 0 atom stereocenters. The van der Waals surface area contributed by atoms with Crippen LogP contribution < -0.4 is 5.32 Å². The summed E-state index contributed by atoms with van der Waals surface area (Å²) < 4.78 is 0. The third-order valence-corrected chi connectivity index (χ3v) is 5.57. The molecule has 30 heavy (non-hydrogen) atoms. The Morgan fingerprint density at radius 2 is 1.47 bits per heavy atom. The standard InChI is InChI=1S/C27H45NO2/c1-2-3-4-5-6-7-8-9-10-11-12-13-14-15-16-17-23-28-26-20-18-19-25(24-26)21-22-27(29)30/h9-10,18-20,24,28H,2-8,11-17,21-23H2,1H3,(H,29,30). The van der Waals surface area contributed by atoms with Crippen LogP contribution in [0.4, 0.5) is 5.69 Å². The second kappa shape index (κ2) is 19.2. The van der Waals surface area contributed by atoms with Gasteiger partial charge in [0, 0.05) is 18.7 Å². The van der Waals surface area contributed by atoms with Gasteiger partial charge in [0.25, 0.3) is 0 Å². The van der Waals surface area contributed by atoms with Crippen molar-refractivity contribution in [3.63, 3.8) is 0 Å². The van der Waals surface area contributed by atoms with E-state index in [0.717, 1.165) is 17.8 Å². The maximum atomic E-state index is 10.7. The molecule has 0 spiro atoms. The monoisotopic (exact) mass is 415 g/mol. The molecule has 3 heteroatoms. The Morgan fingerprint density at radius 3 is 2.10 bits per heavy atom. The van der Waals surface area contributed by atoms with Gasteiger partial charge in [-0.25, -0.2) is 0 Å². The summed E-state index contributed by atoms with van der Waals surface area (Å²) in [7, 11) is 0. The number of unbranched alkanes of at least 4 members (excludes halogenated alkanes) is 12. The molecule has 0 aromatic heterocycles. The number of carboxylic acid groups (broad SMARTS) is 1. The first kappa shape index (κ1) is 26.3. The summed E-state index contributed by atoms with van der Waals surface area (Å²) >= 11 is 0. The van der Waals surface area contributed by atoms with Gasteiger partial charge in [0.1, 0.15) is 0 Å². The number of anilines is 1. The fourth-order valence-corrected chi connectivity index (χ4v) is 3.69. The molecule has 0 aliphatic rings. The summed E-state index contributed by atoms with van der Waals surface area (Å²) in [5, 5.41) is 12.3. The van der Waals surface area contributed by atoms with Gasteiger partial charge < -0.3 is 10.4 Å². The van der Waals surface area contributed by atoms with E-state index in [-0.39, 0.29) is 6.42 Å². The molecule has 0 saturated heterocycles. The Balaban J connectivity index is 1.89. The van der Waals surface area contributed by atoms with Crippen LogP contribution in [0.25, 0.3) is 0 Å². The molecule has 0 aliphatic heterocycles. The average Bonchev–Trinajstić information content (AvgIpc) is 2.75. The lowest BCUT2D eigenvalue weighted by molar-refractivity contribution is -0.136. The first-order chi connectivity index (χ1) is 14.7. The molecule has 0 amide bonds. The Morgan fingerprint density at radius 1 is 0.867 bits per heavy atom. The number of hydrogen-bond acceptors (Lipinski definition) is 2. The lowest BCUT2D eigenvalue weighted by Gasteiger charge is -2.08. The Kier molecular flexibility index (Phi) is 16.8. The smallest absolute Gasteiger partial charge is 0.303 e. The van der Waals surface area contributed by atoms with Gasteiger partial charge in [-0.15, -0.1) is 0 Å². The first-order valence-electron chi connectivity index (χ1n) is 12.4. The molecule has 1 aromatic carbocycles. The van der Waals surface area contributed by atoms with Crippen molar-refractivity contribution >= 4 is 11.7 Å². The summed E-state index contributed by atoms with van der Waals surface area (Å²) in [6.45, 7) is 3.26. The van der Waals surface area contributed by atoms with Gasteiger partial charge in [-0.05, 0) is 56.2 Å². The van der Waals surface area contributed by atoms with E-state index < -0.39 is 5.97 Å². The molecule has 1 aromatic rings. The molecule has 3 nitrogen and oxygen atoms in total. The second-order valence-corrected chi connectivity index (χ2v) is 8.46. The summed E-state index contributed by atoms with van der Waals surface area (Å²) in [5.41, 5.74) is 2.19. The van der Waals surface area contributed by atoms with Crippen LogP contribution in [-0.4, -0.2) is 17.6 Å². The lowest BCUT2D eigenvalue weighted by atomic mass is 10.1. The highest BCUT2D eigenvalue weighted by molar-refractivity contribution is 5.67. The van der Waals surface area contributed by atoms with Crippen molar-refractivity contribution in [2.75, 3.05) is 11.9 Å². The van der Waals surface area contributed by atoms with E-state index >= 15 is 0 Å². The molecule has 0 aliphatic carbocycles. The molecule has 0 bridgehead atoms. The van der Waals surface area contributed by atoms with Gasteiger partial charge in [0.05, 0.1) is 0 Å². The Hall–Kier alpha value is -1.77. The third kappa shape index (κ3) is 16.1. The molecule has 0 fully saturated rings. The highest BCUT2D eigenvalue weighted by Crippen LogP contribution is 2.14. The van der Waals surface area contributed by atoms with Crippen LogP contribution in [-0.2, 0) is 11.2 Å². The van der Waals surface area contributed by atoms with Crippen molar-refractivity contribution in [1.82, 2.24) is 0 Å². The molecule has 0 unspecified atom stereocenters. The van der Waals surface area contributed by atoms with Gasteiger partial charge in [-0.1, -0.05) is 89.0 Å². The van der Waals surface area contributed by atoms with Crippen LogP contribution in [0.5, 0.6) is 0 Å². The number of carboxylic acids is 1. The van der Waals surface area contributed by atoms with Crippen LogP contribution in [0, 0.1) is 0 Å². The van der Waals surface area contributed by atoms with Crippen molar-refractivity contribution in [3.8, 4) is 0 Å². The van der Waals surface area contributed by atoms with Crippen LogP contribution >= 0.6 is 0 Å². The zero-order valence-corrected chi connectivity index (χ0v) is 19.3. The predicted octanol–water partition coefficient (Wildman–Crippen LogP) is 8.15. The van der Waals surface area contributed by atoms with Crippen LogP contribution in [0.3, 0.4) is 0 Å². The molecule has 1 rings (SSSR count). The Bertz CT molecular complexity index is 568. The number of hydrogen-bond donors (Lipinski definition) is 2. The van der Waals surface area contributed by atoms with Gasteiger partial charge in [-0.2, -0.15) is 0 Å². The highest BCUT2D eigenvalue weighted by atomic mass is 16.4. The minimum absolute atomic E-state index is 0.193. The van der Waals surface area contributed by atoms with Crippen molar-refractivity contribution in [2.45, 2.75) is 110 Å². The number of allylic oxidation sites excluding steroid dienone is 2. The van der Waals surface area contributed by atoms with Gasteiger partial charge in [0.2, 0.25) is 0 Å². The van der Waals surface area contributed by atoms with Crippen LogP contribution in [0.15, 0.2) is 36.4 Å². The molecule has 0 heterocycles. The highest BCUT2D eigenvalue weighted by Gasteiger charge is 2.00. The molecule has 0 saturated carbocycles. The van der Waals surface area contributed by atoms with E-state index in [2.05, 4.69) is 36.5 Å². The Labute approximate surface area is 185 Å². The number of carbonyl (C=O) groups is 1. The largest absolute Gasteiger partial charge is 0.481 e. The predicted molar refractivity (Wildman–Crippen MR) is 130 cm³/mol. The maximum Gasteiger partial charge on any atom is 0.303 e. The fraction of sp³-hybridized carbons (Fsp3) is 0.667. The van der Waals surface area contributed by atoms with E-state index in [4.69, 9.17) is 5.11 Å². The van der Waals surface area contributed by atoms with Gasteiger partial charge >= 0.3 is 5.97 Å². The van der Waals surface area contributed by atoms with Crippen LogP contribution in [0.2, 0.25) is 0 Å². The number of rotatable bonds is 20. The van der Waals surface area contributed by atoms with E-state index in [1.807, 2.05) is 12.1 Å². The van der Waals surface area contributed by atoms with E-state index in [0.29, 0.717) is 6.42 Å². The minimum atomic E-state index is -0.738. The summed E-state index contributed by atoms with van der Waals surface area (Å²) in [5.74, 6) is -0.738.